The number of alkyl halides is 1. The molecule has 18 heavy (non-hydrogen) atoms. The van der Waals surface area contributed by atoms with Gasteiger partial charge in [0.25, 0.3) is 5.69 Å². The molecular formula is C10H10ClN5O2. The molecule has 0 aliphatic carbocycles. The van der Waals surface area contributed by atoms with Gasteiger partial charge in [0.2, 0.25) is 0 Å². The third-order valence-corrected chi connectivity index (χ3v) is 2.83. The van der Waals surface area contributed by atoms with Gasteiger partial charge in [-0.1, -0.05) is 0 Å². The molecule has 94 valence electrons. The Morgan fingerprint density at radius 3 is 2.72 bits per heavy atom. The van der Waals surface area contributed by atoms with Crippen molar-refractivity contribution >= 4 is 17.3 Å². The van der Waals surface area contributed by atoms with E-state index in [-0.39, 0.29) is 11.6 Å². The lowest BCUT2D eigenvalue weighted by Gasteiger charge is -2.08. The molecule has 7 nitrogen and oxygen atoms in total. The number of benzene rings is 1. The summed E-state index contributed by atoms with van der Waals surface area (Å²) in [6.07, 6.45) is 0. The van der Waals surface area contributed by atoms with Gasteiger partial charge in [-0.05, 0) is 35.9 Å². The van der Waals surface area contributed by atoms with Crippen molar-refractivity contribution in [1.29, 1.82) is 0 Å². The lowest BCUT2D eigenvalue weighted by atomic mass is 10.1. The monoisotopic (exact) mass is 267 g/mol. The van der Waals surface area contributed by atoms with Crippen LogP contribution in [0.4, 0.5) is 5.69 Å². The Labute approximate surface area is 108 Å². The van der Waals surface area contributed by atoms with E-state index in [2.05, 4.69) is 15.5 Å². The highest BCUT2D eigenvalue weighted by Gasteiger charge is 2.16. The highest BCUT2D eigenvalue weighted by atomic mass is 35.5. The van der Waals surface area contributed by atoms with Crippen molar-refractivity contribution in [3.63, 3.8) is 0 Å². The molecule has 2 aromatic rings. The summed E-state index contributed by atoms with van der Waals surface area (Å²) in [5.74, 6) is 0.663. The zero-order chi connectivity index (χ0) is 13.3. The summed E-state index contributed by atoms with van der Waals surface area (Å²) in [4.78, 5) is 10.4. The van der Waals surface area contributed by atoms with Crippen LogP contribution in [0.3, 0.4) is 0 Å². The van der Waals surface area contributed by atoms with Gasteiger partial charge in [0.15, 0.2) is 5.82 Å². The maximum atomic E-state index is 10.8. The molecule has 0 radical (unpaired) electrons. The largest absolute Gasteiger partial charge is 0.272 e. The zero-order valence-electron chi connectivity index (χ0n) is 9.79. The van der Waals surface area contributed by atoms with E-state index in [4.69, 9.17) is 11.6 Å². The highest BCUT2D eigenvalue weighted by Crippen LogP contribution is 2.25. The number of hydrogen-bond acceptors (Lipinski definition) is 5. The van der Waals surface area contributed by atoms with Crippen molar-refractivity contribution in [3.05, 3.63) is 39.2 Å². The molecule has 1 aromatic heterocycles. The van der Waals surface area contributed by atoms with Crippen molar-refractivity contribution in [1.82, 2.24) is 20.2 Å². The van der Waals surface area contributed by atoms with Crippen LogP contribution in [-0.2, 0) is 5.88 Å². The Bertz CT molecular complexity index is 610. The molecule has 2 rings (SSSR count). The van der Waals surface area contributed by atoms with Crippen LogP contribution in [0.25, 0.3) is 5.69 Å². The van der Waals surface area contributed by atoms with Crippen LogP contribution in [-0.4, -0.2) is 25.1 Å². The van der Waals surface area contributed by atoms with Gasteiger partial charge in [-0.15, -0.1) is 16.7 Å². The predicted molar refractivity (Wildman–Crippen MR) is 64.8 cm³/mol. The molecule has 0 spiro atoms. The van der Waals surface area contributed by atoms with Crippen LogP contribution in [0, 0.1) is 24.0 Å². The van der Waals surface area contributed by atoms with E-state index in [1.165, 1.54) is 10.7 Å². The third-order valence-electron chi connectivity index (χ3n) is 2.59. The summed E-state index contributed by atoms with van der Waals surface area (Å²) < 4.78 is 1.49. The second-order valence-electron chi connectivity index (χ2n) is 3.82. The topological polar surface area (TPSA) is 86.7 Å². The van der Waals surface area contributed by atoms with Crippen molar-refractivity contribution in [2.45, 2.75) is 19.7 Å². The Balaban J connectivity index is 2.60. The summed E-state index contributed by atoms with van der Waals surface area (Å²) in [5.41, 5.74) is 2.04. The van der Waals surface area contributed by atoms with Gasteiger partial charge in [0.05, 0.1) is 16.5 Å². The van der Waals surface area contributed by atoms with Crippen LogP contribution in [0.1, 0.15) is 17.0 Å². The molecule has 0 aliphatic heterocycles. The molecule has 8 heteroatoms. The molecule has 0 N–H and O–H groups in total. The molecule has 0 saturated heterocycles. The molecule has 0 amide bonds. The first-order valence-electron chi connectivity index (χ1n) is 5.14. The fourth-order valence-electron chi connectivity index (χ4n) is 1.69. The maximum absolute atomic E-state index is 10.8. The lowest BCUT2D eigenvalue weighted by Crippen LogP contribution is -2.05. The number of nitro groups is 1. The number of tetrazole rings is 1. The van der Waals surface area contributed by atoms with E-state index in [9.17, 15) is 10.1 Å². The Morgan fingerprint density at radius 2 is 2.11 bits per heavy atom. The fraction of sp³-hybridized carbons (Fsp3) is 0.300. The SMILES string of the molecule is Cc1cc([N+](=O)[O-])c(C)cc1-n1nnnc1CCl. The Morgan fingerprint density at radius 1 is 1.39 bits per heavy atom. The van der Waals surface area contributed by atoms with E-state index < -0.39 is 4.92 Å². The number of aromatic nitrogens is 4. The average Bonchev–Trinajstić information content (AvgIpc) is 2.79. The van der Waals surface area contributed by atoms with Gasteiger partial charge in [0, 0.05) is 11.6 Å². The van der Waals surface area contributed by atoms with Crippen LogP contribution >= 0.6 is 11.6 Å². The smallest absolute Gasteiger partial charge is 0.258 e. The predicted octanol–water partition coefficient (Wildman–Crippen LogP) is 1.93. The van der Waals surface area contributed by atoms with E-state index >= 15 is 0 Å². The fourth-order valence-corrected chi connectivity index (χ4v) is 1.85. The number of nitro benzene ring substituents is 1. The quantitative estimate of drug-likeness (QED) is 0.482. The normalized spacial score (nSPS) is 10.6. The Kier molecular flexibility index (Phi) is 3.24. The van der Waals surface area contributed by atoms with Crippen LogP contribution < -0.4 is 0 Å². The van der Waals surface area contributed by atoms with Crippen molar-refractivity contribution in [3.8, 4) is 5.69 Å². The number of halogens is 1. The minimum atomic E-state index is -0.409. The van der Waals surface area contributed by atoms with Gasteiger partial charge in [-0.25, -0.2) is 0 Å². The molecule has 1 aromatic carbocycles. The van der Waals surface area contributed by atoms with Gasteiger partial charge in [-0.2, -0.15) is 4.68 Å². The van der Waals surface area contributed by atoms with Crippen molar-refractivity contribution < 1.29 is 4.92 Å². The second-order valence-corrected chi connectivity index (χ2v) is 4.09. The van der Waals surface area contributed by atoms with E-state index in [1.54, 1.807) is 19.9 Å². The Hall–Kier alpha value is -2.02. The summed E-state index contributed by atoms with van der Waals surface area (Å²) in [6, 6.07) is 3.18. The standard InChI is InChI=1S/C10H10ClN5O2/c1-6-4-9(16(17)18)7(2)3-8(6)15-10(5-11)12-13-14-15/h3-4H,5H2,1-2H3. The number of nitrogens with zero attached hydrogens (tertiary/aromatic N) is 5. The summed E-state index contributed by atoms with van der Waals surface area (Å²) >= 11 is 5.73. The first kappa shape index (κ1) is 12.4. The highest BCUT2D eigenvalue weighted by molar-refractivity contribution is 6.16. The number of hydrogen-bond donors (Lipinski definition) is 0. The van der Waals surface area contributed by atoms with Gasteiger partial charge in [0.1, 0.15) is 0 Å². The molecule has 0 unspecified atom stereocenters. The molecule has 0 saturated carbocycles. The van der Waals surface area contributed by atoms with Gasteiger partial charge >= 0.3 is 0 Å². The first-order valence-corrected chi connectivity index (χ1v) is 5.67. The van der Waals surface area contributed by atoms with Crippen LogP contribution in [0.2, 0.25) is 0 Å². The van der Waals surface area contributed by atoms with Crippen LogP contribution in [0.15, 0.2) is 12.1 Å². The minimum Gasteiger partial charge on any atom is -0.258 e. The van der Waals surface area contributed by atoms with E-state index in [1.807, 2.05) is 0 Å². The summed E-state index contributed by atoms with van der Waals surface area (Å²) in [7, 11) is 0. The summed E-state index contributed by atoms with van der Waals surface area (Å²) in [5, 5.41) is 22.0. The molecule has 0 aliphatic rings. The van der Waals surface area contributed by atoms with E-state index in [0.29, 0.717) is 22.6 Å². The van der Waals surface area contributed by atoms with Crippen molar-refractivity contribution in [2.75, 3.05) is 0 Å². The van der Waals surface area contributed by atoms with Crippen LogP contribution in [0.5, 0.6) is 0 Å². The summed E-state index contributed by atoms with van der Waals surface area (Å²) in [6.45, 7) is 3.44. The number of aryl methyl sites for hydroxylation is 2. The third kappa shape index (κ3) is 2.04. The number of rotatable bonds is 3. The van der Waals surface area contributed by atoms with Gasteiger partial charge < -0.3 is 0 Å². The molecular weight excluding hydrogens is 258 g/mol. The first-order chi connectivity index (χ1) is 8.54. The minimum absolute atomic E-state index is 0.0803. The van der Waals surface area contributed by atoms with Gasteiger partial charge in [-0.3, -0.25) is 10.1 Å². The van der Waals surface area contributed by atoms with Crippen molar-refractivity contribution in [2.24, 2.45) is 0 Å². The maximum Gasteiger partial charge on any atom is 0.272 e. The zero-order valence-corrected chi connectivity index (χ0v) is 10.5. The lowest BCUT2D eigenvalue weighted by molar-refractivity contribution is -0.385. The molecule has 1 heterocycles. The van der Waals surface area contributed by atoms with E-state index in [0.717, 1.165) is 0 Å². The average molecular weight is 268 g/mol. The molecule has 0 atom stereocenters. The molecule has 0 bridgehead atoms. The molecule has 0 fully saturated rings. The second kappa shape index (κ2) is 4.69.